The Labute approximate surface area is 172 Å². The van der Waals surface area contributed by atoms with E-state index < -0.39 is 0 Å². The van der Waals surface area contributed by atoms with Gasteiger partial charge in [-0.3, -0.25) is 19.3 Å². The number of carbonyl (C=O) groups is 3. The summed E-state index contributed by atoms with van der Waals surface area (Å²) in [6.45, 7) is 2.04. The van der Waals surface area contributed by atoms with Gasteiger partial charge in [-0.05, 0) is 43.5 Å². The van der Waals surface area contributed by atoms with E-state index in [9.17, 15) is 14.4 Å². The lowest BCUT2D eigenvalue weighted by molar-refractivity contribution is -0.139. The summed E-state index contributed by atoms with van der Waals surface area (Å²) in [6, 6.07) is 8.96. The van der Waals surface area contributed by atoms with Crippen molar-refractivity contribution in [2.24, 2.45) is 0 Å². The molecule has 1 aliphatic carbocycles. The molecular formula is C22H20N4O4. The maximum absolute atomic E-state index is 13.0. The third-order valence-corrected chi connectivity index (χ3v) is 5.58. The summed E-state index contributed by atoms with van der Waals surface area (Å²) in [7, 11) is 0. The van der Waals surface area contributed by atoms with Gasteiger partial charge in [0.05, 0.1) is 23.2 Å². The van der Waals surface area contributed by atoms with Crippen molar-refractivity contribution in [3.63, 3.8) is 0 Å². The molecule has 2 aliphatic rings. The highest BCUT2D eigenvalue weighted by Gasteiger charge is 2.29. The van der Waals surface area contributed by atoms with Crippen molar-refractivity contribution in [3.05, 3.63) is 52.8 Å². The molecular weight excluding hydrogens is 384 g/mol. The van der Waals surface area contributed by atoms with Crippen molar-refractivity contribution in [1.29, 1.82) is 0 Å². The standard InChI is InChI=1S/C22H20N4O4/c1-12-20-16(10-17(14-4-5-14)24-22(20)30-25-12)21(29)23-15-6-2-13(3-7-15)11-26-18(27)8-9-19(26)28/h2-3,6-7,10,14H,4-5,8-9,11H2,1H3,(H,23,29). The summed E-state index contributed by atoms with van der Waals surface area (Å²) in [5, 5.41) is 7.50. The summed E-state index contributed by atoms with van der Waals surface area (Å²) < 4.78 is 5.30. The van der Waals surface area contributed by atoms with Gasteiger partial charge in [0.2, 0.25) is 11.8 Å². The van der Waals surface area contributed by atoms with E-state index in [4.69, 9.17) is 4.52 Å². The number of rotatable bonds is 5. The molecule has 3 aromatic rings. The van der Waals surface area contributed by atoms with Crippen molar-refractivity contribution >= 4 is 34.5 Å². The number of amides is 3. The summed E-state index contributed by atoms with van der Waals surface area (Å²) >= 11 is 0. The van der Waals surface area contributed by atoms with E-state index in [1.807, 2.05) is 6.07 Å². The van der Waals surface area contributed by atoms with Crippen LogP contribution in [0, 0.1) is 6.92 Å². The number of likely N-dealkylation sites (tertiary alicyclic amines) is 1. The van der Waals surface area contributed by atoms with Gasteiger partial charge in [-0.1, -0.05) is 17.3 Å². The molecule has 0 atom stereocenters. The molecule has 1 saturated heterocycles. The number of fused-ring (bicyclic) bond motifs is 1. The average molecular weight is 404 g/mol. The topological polar surface area (TPSA) is 105 Å². The molecule has 3 heterocycles. The zero-order valence-electron chi connectivity index (χ0n) is 16.5. The molecule has 2 aromatic heterocycles. The molecule has 1 saturated carbocycles. The van der Waals surface area contributed by atoms with Gasteiger partial charge in [0.1, 0.15) is 0 Å². The number of nitrogens with zero attached hydrogens (tertiary/aromatic N) is 3. The molecule has 8 nitrogen and oxygen atoms in total. The number of aryl methyl sites for hydroxylation is 1. The number of hydrogen-bond donors (Lipinski definition) is 1. The highest BCUT2D eigenvalue weighted by atomic mass is 16.5. The summed E-state index contributed by atoms with van der Waals surface area (Å²) in [5.41, 5.74) is 3.82. The van der Waals surface area contributed by atoms with Crippen LogP contribution in [0.3, 0.4) is 0 Å². The van der Waals surface area contributed by atoms with Gasteiger partial charge in [-0.2, -0.15) is 0 Å². The van der Waals surface area contributed by atoms with E-state index in [0.717, 1.165) is 24.1 Å². The number of hydrogen-bond acceptors (Lipinski definition) is 6. The smallest absolute Gasteiger partial charge is 0.259 e. The Morgan fingerprint density at radius 3 is 2.53 bits per heavy atom. The number of nitrogens with one attached hydrogen (secondary N) is 1. The second-order valence-corrected chi connectivity index (χ2v) is 7.84. The number of carbonyl (C=O) groups excluding carboxylic acids is 3. The minimum absolute atomic E-state index is 0.144. The molecule has 30 heavy (non-hydrogen) atoms. The maximum atomic E-state index is 13.0. The lowest BCUT2D eigenvalue weighted by atomic mass is 10.1. The Morgan fingerprint density at radius 1 is 1.17 bits per heavy atom. The van der Waals surface area contributed by atoms with Crippen molar-refractivity contribution in [2.45, 2.75) is 45.1 Å². The Kier molecular flexibility index (Phi) is 4.34. The second kappa shape index (κ2) is 7.05. The summed E-state index contributed by atoms with van der Waals surface area (Å²) in [6.07, 6.45) is 2.68. The SMILES string of the molecule is Cc1noc2nc(C3CC3)cc(C(=O)Nc3ccc(CN4C(=O)CCC4=O)cc3)c12. The molecule has 0 spiro atoms. The molecule has 0 bridgehead atoms. The van der Waals surface area contributed by atoms with Crippen molar-refractivity contribution < 1.29 is 18.9 Å². The first-order valence-electron chi connectivity index (χ1n) is 10.00. The van der Waals surface area contributed by atoms with Crippen LogP contribution in [-0.2, 0) is 16.1 Å². The molecule has 2 fully saturated rings. The molecule has 8 heteroatoms. The fourth-order valence-corrected chi connectivity index (χ4v) is 3.75. The van der Waals surface area contributed by atoms with Crippen molar-refractivity contribution in [2.75, 3.05) is 5.32 Å². The fraction of sp³-hybridized carbons (Fsp3) is 0.318. The van der Waals surface area contributed by atoms with E-state index in [1.165, 1.54) is 4.90 Å². The molecule has 152 valence electrons. The van der Waals surface area contributed by atoms with Gasteiger partial charge in [0.15, 0.2) is 0 Å². The summed E-state index contributed by atoms with van der Waals surface area (Å²) in [4.78, 5) is 42.4. The van der Waals surface area contributed by atoms with Crippen molar-refractivity contribution in [3.8, 4) is 0 Å². The normalized spacial score (nSPS) is 16.5. The minimum atomic E-state index is -0.256. The van der Waals surface area contributed by atoms with Gasteiger partial charge < -0.3 is 9.84 Å². The average Bonchev–Trinajstić information content (AvgIpc) is 3.47. The quantitative estimate of drug-likeness (QED) is 0.654. The van der Waals surface area contributed by atoms with E-state index >= 15 is 0 Å². The number of aromatic nitrogens is 2. The van der Waals surface area contributed by atoms with E-state index in [-0.39, 0.29) is 37.1 Å². The first kappa shape index (κ1) is 18.5. The van der Waals surface area contributed by atoms with Gasteiger partial charge >= 0.3 is 0 Å². The number of anilines is 1. The van der Waals surface area contributed by atoms with Crippen LogP contribution in [0.5, 0.6) is 0 Å². The molecule has 3 amide bonds. The molecule has 1 aliphatic heterocycles. The lowest BCUT2D eigenvalue weighted by Gasteiger charge is -2.14. The molecule has 0 unspecified atom stereocenters. The molecule has 0 radical (unpaired) electrons. The van der Waals surface area contributed by atoms with Crippen LogP contribution in [0.4, 0.5) is 5.69 Å². The van der Waals surface area contributed by atoms with Crippen LogP contribution in [0.2, 0.25) is 0 Å². The zero-order valence-corrected chi connectivity index (χ0v) is 16.5. The van der Waals surface area contributed by atoms with Crippen LogP contribution in [-0.4, -0.2) is 32.8 Å². The third-order valence-electron chi connectivity index (χ3n) is 5.58. The Morgan fingerprint density at radius 2 is 1.87 bits per heavy atom. The van der Waals surface area contributed by atoms with Gasteiger partial charge in [-0.15, -0.1) is 0 Å². The molecule has 1 aromatic carbocycles. The van der Waals surface area contributed by atoms with E-state index in [0.29, 0.717) is 34.0 Å². The zero-order chi connectivity index (χ0) is 20.8. The van der Waals surface area contributed by atoms with Gasteiger partial charge in [0, 0.05) is 30.1 Å². The van der Waals surface area contributed by atoms with Crippen LogP contribution >= 0.6 is 0 Å². The van der Waals surface area contributed by atoms with Crippen LogP contribution in [0.15, 0.2) is 34.9 Å². The highest BCUT2D eigenvalue weighted by Crippen LogP contribution is 2.40. The predicted molar refractivity (Wildman–Crippen MR) is 108 cm³/mol. The highest BCUT2D eigenvalue weighted by molar-refractivity contribution is 6.12. The fourth-order valence-electron chi connectivity index (χ4n) is 3.75. The third kappa shape index (κ3) is 3.34. The first-order valence-corrected chi connectivity index (χ1v) is 10.00. The number of imide groups is 1. The largest absolute Gasteiger partial charge is 0.336 e. The van der Waals surface area contributed by atoms with Gasteiger partial charge in [0.25, 0.3) is 11.6 Å². The Hall–Kier alpha value is -3.55. The Balaban J connectivity index is 1.36. The summed E-state index contributed by atoms with van der Waals surface area (Å²) in [5.74, 6) is -0.167. The van der Waals surface area contributed by atoms with Crippen molar-refractivity contribution in [1.82, 2.24) is 15.0 Å². The maximum Gasteiger partial charge on any atom is 0.259 e. The van der Waals surface area contributed by atoms with Crippen LogP contribution in [0.1, 0.15) is 58.9 Å². The second-order valence-electron chi connectivity index (χ2n) is 7.84. The van der Waals surface area contributed by atoms with Crippen LogP contribution in [0.25, 0.3) is 11.1 Å². The van der Waals surface area contributed by atoms with Gasteiger partial charge in [-0.25, -0.2) is 4.98 Å². The van der Waals surface area contributed by atoms with Crippen LogP contribution < -0.4 is 5.32 Å². The first-order chi connectivity index (χ1) is 14.5. The number of benzene rings is 1. The number of pyridine rings is 1. The Bertz CT molecular complexity index is 1160. The lowest BCUT2D eigenvalue weighted by Crippen LogP contribution is -2.28. The monoisotopic (exact) mass is 404 g/mol. The molecule has 1 N–H and O–H groups in total. The molecule has 5 rings (SSSR count). The minimum Gasteiger partial charge on any atom is -0.336 e. The predicted octanol–water partition coefficient (Wildman–Crippen LogP) is 3.31. The van der Waals surface area contributed by atoms with E-state index in [1.54, 1.807) is 31.2 Å². The van der Waals surface area contributed by atoms with E-state index in [2.05, 4.69) is 15.5 Å².